The first-order valence-corrected chi connectivity index (χ1v) is 20.5. The first kappa shape index (κ1) is 35.3. The van der Waals surface area contributed by atoms with Crippen LogP contribution in [0.3, 0.4) is 0 Å². The van der Waals surface area contributed by atoms with Crippen LogP contribution in [0.2, 0.25) is 19.6 Å². The van der Waals surface area contributed by atoms with E-state index in [4.69, 9.17) is 10.8 Å². The summed E-state index contributed by atoms with van der Waals surface area (Å²) in [4.78, 5) is 14.0. The molecule has 0 spiro atoms. The Bertz CT molecular complexity index is 2450. The van der Waals surface area contributed by atoms with E-state index in [-0.39, 0.29) is 25.9 Å². The smallest absolute Gasteiger partial charge is 0.139 e. The van der Waals surface area contributed by atoms with Gasteiger partial charge < -0.3 is 14.4 Å². The second kappa shape index (κ2) is 16.1. The van der Waals surface area contributed by atoms with Crippen LogP contribution < -0.4 is 5.19 Å². The van der Waals surface area contributed by atoms with Crippen LogP contribution >= 0.6 is 0 Å². The first-order valence-electron chi connectivity index (χ1n) is 17.5. The average molecular weight is 877 g/mol. The van der Waals surface area contributed by atoms with E-state index in [0.29, 0.717) is 16.9 Å². The number of rotatable bonds is 7. The molecule has 0 bridgehead atoms. The van der Waals surface area contributed by atoms with E-state index in [1.165, 1.54) is 28.4 Å². The van der Waals surface area contributed by atoms with Crippen molar-refractivity contribution in [3.63, 3.8) is 0 Å². The van der Waals surface area contributed by atoms with Gasteiger partial charge in [0, 0.05) is 51.3 Å². The second-order valence-corrected chi connectivity index (χ2v) is 18.6. The zero-order valence-electron chi connectivity index (χ0n) is 30.4. The fourth-order valence-electron chi connectivity index (χ4n) is 5.96. The monoisotopic (exact) mass is 877 g/mol. The quantitative estimate of drug-likeness (QED) is 0.118. The number of hydrogen-bond donors (Lipinski definition) is 0. The molecule has 4 heterocycles. The number of pyridine rings is 3. The number of aromatic nitrogens is 3. The Balaban J connectivity index is 0.000000226. The molecule has 52 heavy (non-hydrogen) atoms. The third kappa shape index (κ3) is 8.34. The van der Waals surface area contributed by atoms with E-state index < -0.39 is 14.0 Å². The van der Waals surface area contributed by atoms with Gasteiger partial charge in [0.1, 0.15) is 5.58 Å². The van der Waals surface area contributed by atoms with Crippen molar-refractivity contribution in [1.29, 1.82) is 0 Å². The minimum Gasteiger partial charge on any atom is -0.499 e. The van der Waals surface area contributed by atoms with Crippen LogP contribution in [0.1, 0.15) is 36.6 Å². The second-order valence-electron chi connectivity index (χ2n) is 13.5. The van der Waals surface area contributed by atoms with E-state index >= 15 is 0 Å². The molecule has 4 nitrogen and oxygen atoms in total. The van der Waals surface area contributed by atoms with Gasteiger partial charge >= 0.3 is 0 Å². The van der Waals surface area contributed by atoms with Gasteiger partial charge in [-0.2, -0.15) is 0 Å². The molecule has 261 valence electrons. The maximum Gasteiger partial charge on any atom is 0.139 e. The predicted octanol–water partition coefficient (Wildman–Crippen LogP) is 10.8. The third-order valence-electron chi connectivity index (χ3n) is 8.88. The Kier molecular flexibility index (Phi) is 10.9. The summed E-state index contributed by atoms with van der Waals surface area (Å²) < 4.78 is 28.1. The van der Waals surface area contributed by atoms with Gasteiger partial charge in [-0.3, -0.25) is 4.39 Å². The standard InChI is InChI=1S/C31H23N2O.C14H15FNSi.Ir/c1-21(24-11-6-3-7-12-24)27-15-16-29-30(33-27)26-14-8-13-25(31(26)34-29)28-20-23(17-18-32-28)19-22-9-4-2-5-10-22;1-17(2,3)13-8-9-14(16-10-13)11-4-6-12(15)7-5-11;/h2-12,14-18,20-21H,19H2,1H3;4,6-10H,1-3H3;/q2*-1;/i21D;;. The third-order valence-corrected chi connectivity index (χ3v) is 10.9. The van der Waals surface area contributed by atoms with Gasteiger partial charge in [-0.25, -0.2) is 4.98 Å². The molecule has 8 rings (SSSR count). The molecule has 0 aliphatic carbocycles. The maximum absolute atomic E-state index is 12.8. The fraction of sp³-hybridized carbons (Fsp3) is 0.133. The van der Waals surface area contributed by atoms with Crippen molar-refractivity contribution in [3.8, 4) is 22.5 Å². The van der Waals surface area contributed by atoms with Crippen molar-refractivity contribution in [2.24, 2.45) is 0 Å². The molecule has 1 unspecified atom stereocenters. The molecule has 0 fully saturated rings. The van der Waals surface area contributed by atoms with Crippen molar-refractivity contribution in [2.45, 2.75) is 38.9 Å². The molecule has 0 aliphatic heterocycles. The van der Waals surface area contributed by atoms with Gasteiger partial charge in [0.2, 0.25) is 0 Å². The molecule has 7 heteroatoms. The van der Waals surface area contributed by atoms with E-state index in [1.54, 1.807) is 6.07 Å². The summed E-state index contributed by atoms with van der Waals surface area (Å²) in [5, 5.41) is 2.22. The minimum atomic E-state index is -1.30. The number of fused-ring (bicyclic) bond motifs is 3. The van der Waals surface area contributed by atoms with Crippen molar-refractivity contribution < 1.29 is 30.3 Å². The Morgan fingerprint density at radius 3 is 2.27 bits per heavy atom. The van der Waals surface area contributed by atoms with Crippen molar-refractivity contribution in [3.05, 3.63) is 180 Å². The summed E-state index contributed by atoms with van der Waals surface area (Å²) in [5.74, 6) is -1.25. The van der Waals surface area contributed by atoms with Gasteiger partial charge in [0.05, 0.1) is 19.2 Å². The summed E-state index contributed by atoms with van der Waals surface area (Å²) in [6.45, 7) is 8.73. The summed E-state index contributed by atoms with van der Waals surface area (Å²) in [6.07, 6.45) is 4.60. The molecule has 0 aliphatic rings. The van der Waals surface area contributed by atoms with Crippen LogP contribution in [0.5, 0.6) is 0 Å². The molecule has 1 atom stereocenters. The Morgan fingerprint density at radius 1 is 0.808 bits per heavy atom. The molecule has 8 aromatic rings. The summed E-state index contributed by atoms with van der Waals surface area (Å²) in [5.41, 5.74) is 9.45. The number of furan rings is 1. The topological polar surface area (TPSA) is 51.8 Å². The SMILES string of the molecule is C[Si](C)(C)c1ccc(-c2[c-]cc(F)cc2)nc1.[2H]C(C)(c1ccccc1)c1ccc2oc3c(-c4cc(Cc5ccccc5)ccn4)[c-]ccc3c2n1.[Ir]. The average Bonchev–Trinajstić information content (AvgIpc) is 3.54. The molecule has 0 saturated carbocycles. The minimum absolute atomic E-state index is 0. The molecule has 4 aromatic heterocycles. The Labute approximate surface area is 320 Å². The first-order chi connectivity index (χ1) is 25.1. The molecule has 0 N–H and O–H groups in total. The maximum atomic E-state index is 12.8. The van der Waals surface area contributed by atoms with Crippen molar-refractivity contribution in [1.82, 2.24) is 15.0 Å². The largest absolute Gasteiger partial charge is 0.499 e. The van der Waals surface area contributed by atoms with Crippen LogP contribution in [0, 0.1) is 17.9 Å². The normalized spacial score (nSPS) is 12.7. The molecule has 0 amide bonds. The molecular formula is C45H38FIrN3OSi-2. The van der Waals surface area contributed by atoms with Crippen LogP contribution in [-0.2, 0) is 26.5 Å². The Morgan fingerprint density at radius 2 is 1.58 bits per heavy atom. The summed E-state index contributed by atoms with van der Waals surface area (Å²) >= 11 is 0. The molecule has 4 aromatic carbocycles. The van der Waals surface area contributed by atoms with Crippen LogP contribution in [0.15, 0.2) is 144 Å². The number of hydrogen-bond acceptors (Lipinski definition) is 4. The van der Waals surface area contributed by atoms with E-state index in [1.807, 2.05) is 92.1 Å². The summed E-state index contributed by atoms with van der Waals surface area (Å²) in [6, 6.07) is 46.8. The number of nitrogens with zero attached hydrogens (tertiary/aromatic N) is 3. The number of halogens is 1. The molecular weight excluding hydrogens is 838 g/mol. The predicted molar refractivity (Wildman–Crippen MR) is 208 cm³/mol. The van der Waals surface area contributed by atoms with Crippen molar-refractivity contribution >= 4 is 35.3 Å². The molecule has 0 saturated heterocycles. The van der Waals surface area contributed by atoms with Gasteiger partial charge in [0.25, 0.3) is 0 Å². The van der Waals surface area contributed by atoms with Gasteiger partial charge in [0.15, 0.2) is 0 Å². The summed E-state index contributed by atoms with van der Waals surface area (Å²) in [7, 11) is -1.30. The van der Waals surface area contributed by atoms with Crippen LogP contribution in [0.25, 0.3) is 44.6 Å². The van der Waals surface area contributed by atoms with Gasteiger partial charge in [-0.15, -0.1) is 48.0 Å². The zero-order chi connectivity index (χ0) is 36.3. The number of benzene rings is 4. The van der Waals surface area contributed by atoms with Crippen LogP contribution in [-0.4, -0.2) is 23.0 Å². The Hall–Kier alpha value is -5.07. The molecule has 1 radical (unpaired) electrons. The van der Waals surface area contributed by atoms with Crippen LogP contribution in [0.4, 0.5) is 4.39 Å². The van der Waals surface area contributed by atoms with Gasteiger partial charge in [-0.1, -0.05) is 111 Å². The van der Waals surface area contributed by atoms with Gasteiger partial charge in [-0.05, 0) is 63.3 Å². The van der Waals surface area contributed by atoms with E-state index in [9.17, 15) is 4.39 Å². The zero-order valence-corrected chi connectivity index (χ0v) is 32.8. The van der Waals surface area contributed by atoms with Crippen molar-refractivity contribution in [2.75, 3.05) is 0 Å². The van der Waals surface area contributed by atoms with E-state index in [0.717, 1.165) is 45.4 Å². The fourth-order valence-corrected chi connectivity index (χ4v) is 6.99. The van der Waals surface area contributed by atoms with E-state index in [2.05, 4.69) is 78.1 Å².